The SMILES string of the molecule is CCCCCCSN=C1NC(=N)c2ccc3ccccc3c21. The first-order valence-corrected chi connectivity index (χ1v) is 8.83. The van der Waals surface area contributed by atoms with E-state index < -0.39 is 0 Å². The lowest BCUT2D eigenvalue weighted by atomic mass is 10.0. The van der Waals surface area contributed by atoms with Gasteiger partial charge in [0.25, 0.3) is 0 Å². The summed E-state index contributed by atoms with van der Waals surface area (Å²) in [4.78, 5) is 0. The number of benzene rings is 2. The third-order valence-electron chi connectivity index (χ3n) is 3.92. The summed E-state index contributed by atoms with van der Waals surface area (Å²) in [6.45, 7) is 2.23. The molecule has 3 nitrogen and oxygen atoms in total. The normalized spacial score (nSPS) is 15.3. The minimum Gasteiger partial charge on any atom is -0.324 e. The van der Waals surface area contributed by atoms with Gasteiger partial charge >= 0.3 is 0 Å². The number of hydrogen-bond donors (Lipinski definition) is 2. The first kappa shape index (κ1) is 15.1. The maximum Gasteiger partial charge on any atom is 0.148 e. The number of rotatable bonds is 6. The van der Waals surface area contributed by atoms with Crippen LogP contribution in [0.15, 0.2) is 40.8 Å². The molecule has 1 heterocycles. The van der Waals surface area contributed by atoms with Crippen LogP contribution in [0.3, 0.4) is 0 Å². The zero-order valence-electron chi connectivity index (χ0n) is 12.9. The smallest absolute Gasteiger partial charge is 0.148 e. The molecule has 0 radical (unpaired) electrons. The number of unbranched alkanes of at least 4 members (excludes halogenated alkanes) is 3. The second kappa shape index (κ2) is 6.97. The summed E-state index contributed by atoms with van der Waals surface area (Å²) in [5.41, 5.74) is 2.02. The van der Waals surface area contributed by atoms with E-state index >= 15 is 0 Å². The maximum atomic E-state index is 8.11. The first-order chi connectivity index (χ1) is 10.8. The van der Waals surface area contributed by atoms with Crippen LogP contribution in [0.2, 0.25) is 0 Å². The third-order valence-corrected chi connectivity index (χ3v) is 4.71. The van der Waals surface area contributed by atoms with E-state index in [9.17, 15) is 0 Å². The van der Waals surface area contributed by atoms with Crippen molar-refractivity contribution in [2.75, 3.05) is 5.75 Å². The van der Waals surface area contributed by atoms with Crippen LogP contribution in [0.4, 0.5) is 0 Å². The summed E-state index contributed by atoms with van der Waals surface area (Å²) in [5.74, 6) is 2.32. The van der Waals surface area contributed by atoms with Gasteiger partial charge in [-0.2, -0.15) is 4.40 Å². The van der Waals surface area contributed by atoms with Gasteiger partial charge < -0.3 is 5.32 Å². The average Bonchev–Trinajstić information content (AvgIpc) is 2.87. The molecule has 3 rings (SSSR count). The molecule has 2 aromatic carbocycles. The van der Waals surface area contributed by atoms with Gasteiger partial charge in [0.05, 0.1) is 0 Å². The number of nitrogens with one attached hydrogen (secondary N) is 2. The lowest BCUT2D eigenvalue weighted by molar-refractivity contribution is 0.706. The Morgan fingerprint density at radius 2 is 1.95 bits per heavy atom. The highest BCUT2D eigenvalue weighted by molar-refractivity contribution is 7.98. The molecule has 0 spiro atoms. The molecule has 0 aromatic heterocycles. The molecule has 0 amide bonds. The molecule has 4 heteroatoms. The Morgan fingerprint density at radius 1 is 1.09 bits per heavy atom. The van der Waals surface area contributed by atoms with Crippen molar-refractivity contribution in [2.24, 2.45) is 4.40 Å². The van der Waals surface area contributed by atoms with Crippen LogP contribution in [-0.2, 0) is 0 Å². The van der Waals surface area contributed by atoms with Gasteiger partial charge in [-0.3, -0.25) is 5.41 Å². The fourth-order valence-electron chi connectivity index (χ4n) is 2.76. The maximum absolute atomic E-state index is 8.11. The second-order valence-electron chi connectivity index (χ2n) is 5.54. The van der Waals surface area contributed by atoms with Crippen LogP contribution in [0, 0.1) is 5.41 Å². The molecule has 22 heavy (non-hydrogen) atoms. The van der Waals surface area contributed by atoms with Gasteiger partial charge in [0.1, 0.15) is 11.7 Å². The van der Waals surface area contributed by atoms with Crippen LogP contribution < -0.4 is 5.32 Å². The Morgan fingerprint density at radius 3 is 2.82 bits per heavy atom. The molecular weight excluding hydrogens is 290 g/mol. The molecule has 2 N–H and O–H groups in total. The minimum atomic E-state index is 0.450. The van der Waals surface area contributed by atoms with Crippen LogP contribution >= 0.6 is 11.9 Å². The molecular formula is C18H21N3S. The number of hydrogen-bond acceptors (Lipinski definition) is 3. The van der Waals surface area contributed by atoms with Gasteiger partial charge in [-0.05, 0) is 35.2 Å². The molecule has 0 atom stereocenters. The summed E-state index contributed by atoms with van der Waals surface area (Å²) in [6.07, 6.45) is 5.04. The Hall–Kier alpha value is -1.81. The summed E-state index contributed by atoms with van der Waals surface area (Å²) in [5, 5.41) is 13.6. The van der Waals surface area contributed by atoms with Gasteiger partial charge in [0.15, 0.2) is 0 Å². The van der Waals surface area contributed by atoms with Gasteiger partial charge in [-0.25, -0.2) is 0 Å². The van der Waals surface area contributed by atoms with Crippen LogP contribution in [0.5, 0.6) is 0 Å². The lowest BCUT2D eigenvalue weighted by Gasteiger charge is -2.04. The van der Waals surface area contributed by atoms with Crippen molar-refractivity contribution < 1.29 is 0 Å². The highest BCUT2D eigenvalue weighted by Crippen LogP contribution is 2.27. The molecule has 2 aromatic rings. The highest BCUT2D eigenvalue weighted by atomic mass is 32.2. The van der Waals surface area contributed by atoms with Crippen molar-refractivity contribution in [2.45, 2.75) is 32.6 Å². The standard InChI is InChI=1S/C18H21N3S/c1-2-3-4-7-12-22-21-18-16-14-9-6-5-8-13(14)10-11-15(16)17(19)20-18/h5-6,8-11H,2-4,7,12H2,1H3,(H2,19,20,21). The summed E-state index contributed by atoms with van der Waals surface area (Å²) in [7, 11) is 0. The number of nitrogens with zero attached hydrogens (tertiary/aromatic N) is 1. The number of fused-ring (bicyclic) bond motifs is 3. The van der Waals surface area contributed by atoms with E-state index in [1.54, 1.807) is 11.9 Å². The van der Waals surface area contributed by atoms with Gasteiger partial charge in [0, 0.05) is 16.9 Å². The molecule has 114 valence electrons. The molecule has 1 aliphatic heterocycles. The average molecular weight is 311 g/mol. The van der Waals surface area contributed by atoms with Gasteiger partial charge in [-0.15, -0.1) is 0 Å². The zero-order valence-corrected chi connectivity index (χ0v) is 13.7. The van der Waals surface area contributed by atoms with E-state index in [1.165, 1.54) is 36.5 Å². The quantitative estimate of drug-likeness (QED) is 0.598. The van der Waals surface area contributed by atoms with Crippen molar-refractivity contribution in [1.82, 2.24) is 5.32 Å². The van der Waals surface area contributed by atoms with Crippen molar-refractivity contribution in [3.63, 3.8) is 0 Å². The highest BCUT2D eigenvalue weighted by Gasteiger charge is 2.24. The van der Waals surface area contributed by atoms with E-state index in [0.717, 1.165) is 22.7 Å². The minimum absolute atomic E-state index is 0.450. The Kier molecular flexibility index (Phi) is 4.78. The van der Waals surface area contributed by atoms with E-state index in [4.69, 9.17) is 5.41 Å². The predicted molar refractivity (Wildman–Crippen MR) is 97.0 cm³/mol. The topological polar surface area (TPSA) is 48.2 Å². The van der Waals surface area contributed by atoms with E-state index in [1.807, 2.05) is 18.2 Å². The van der Waals surface area contributed by atoms with Crippen molar-refractivity contribution in [3.05, 3.63) is 47.5 Å². The van der Waals surface area contributed by atoms with E-state index in [-0.39, 0.29) is 0 Å². The molecule has 1 aliphatic rings. The van der Waals surface area contributed by atoms with Gasteiger partial charge in [0.2, 0.25) is 0 Å². The molecule has 0 aliphatic carbocycles. The third kappa shape index (κ3) is 3.02. The molecule has 0 bridgehead atoms. The Labute approximate surface area is 135 Å². The van der Waals surface area contributed by atoms with Crippen LogP contribution in [0.25, 0.3) is 10.8 Å². The van der Waals surface area contributed by atoms with Gasteiger partial charge in [-0.1, -0.05) is 56.5 Å². The molecule has 0 unspecified atom stereocenters. The second-order valence-corrected chi connectivity index (χ2v) is 6.39. The predicted octanol–water partition coefficient (Wildman–Crippen LogP) is 4.74. The largest absolute Gasteiger partial charge is 0.324 e. The summed E-state index contributed by atoms with van der Waals surface area (Å²) in [6, 6.07) is 12.4. The fourth-order valence-corrected chi connectivity index (χ4v) is 3.45. The van der Waals surface area contributed by atoms with Crippen molar-refractivity contribution >= 4 is 34.4 Å². The Balaban J connectivity index is 1.82. The summed E-state index contributed by atoms with van der Waals surface area (Å²) >= 11 is 1.60. The van der Waals surface area contributed by atoms with Crippen LogP contribution in [-0.4, -0.2) is 17.4 Å². The zero-order chi connectivity index (χ0) is 15.4. The molecule has 0 saturated heterocycles. The fraction of sp³-hybridized carbons (Fsp3) is 0.333. The molecule has 0 saturated carbocycles. The van der Waals surface area contributed by atoms with Crippen LogP contribution in [0.1, 0.15) is 43.7 Å². The molecule has 0 fully saturated rings. The summed E-state index contributed by atoms with van der Waals surface area (Å²) < 4.78 is 4.64. The first-order valence-electron chi connectivity index (χ1n) is 7.89. The lowest BCUT2D eigenvalue weighted by Crippen LogP contribution is -2.21. The van der Waals surface area contributed by atoms with Crippen molar-refractivity contribution in [3.8, 4) is 0 Å². The van der Waals surface area contributed by atoms with Crippen molar-refractivity contribution in [1.29, 1.82) is 5.41 Å². The number of amidine groups is 2. The van der Waals surface area contributed by atoms with E-state index in [2.05, 4.69) is 34.8 Å². The van der Waals surface area contributed by atoms with E-state index in [0.29, 0.717) is 5.84 Å². The Bertz CT molecular complexity index is 721. The monoisotopic (exact) mass is 311 g/mol.